The van der Waals surface area contributed by atoms with E-state index >= 15 is 0 Å². The molecule has 0 unspecified atom stereocenters. The lowest BCUT2D eigenvalue weighted by Gasteiger charge is -2.17. The van der Waals surface area contributed by atoms with Crippen LogP contribution in [-0.2, 0) is 14.8 Å². The molecule has 1 amide bonds. The van der Waals surface area contributed by atoms with E-state index in [1.807, 2.05) is 6.92 Å². The Hall–Kier alpha value is -1.99. The zero-order valence-corrected chi connectivity index (χ0v) is 13.0. The van der Waals surface area contributed by atoms with Crippen molar-refractivity contribution in [3.8, 4) is 0 Å². The average molecular weight is 319 g/mol. The molecule has 0 bridgehead atoms. The summed E-state index contributed by atoms with van der Waals surface area (Å²) in [6.07, 6.45) is 1.62. The first-order valence-corrected chi connectivity index (χ1v) is 8.48. The number of pyridine rings is 1. The molecule has 1 aromatic carbocycles. The molecule has 1 aliphatic heterocycles. The molecule has 1 aromatic heterocycles. The molecule has 2 atom stereocenters. The van der Waals surface area contributed by atoms with E-state index in [2.05, 4.69) is 4.98 Å². The zero-order chi connectivity index (χ0) is 15.9. The molecule has 7 heteroatoms. The first-order chi connectivity index (χ1) is 10.4. The minimum absolute atomic E-state index is 0.0830. The lowest BCUT2D eigenvalue weighted by Crippen LogP contribution is -2.32. The SMILES string of the molecule is C[C@@H]1CN(S(=O)(=O)c2cccc3ncccc23)C[C@H]1C(N)=O. The van der Waals surface area contributed by atoms with Crippen LogP contribution in [0.5, 0.6) is 0 Å². The Labute approximate surface area is 129 Å². The average Bonchev–Trinajstić information content (AvgIpc) is 2.89. The Morgan fingerprint density at radius 3 is 2.73 bits per heavy atom. The number of fused-ring (bicyclic) bond motifs is 1. The fourth-order valence-corrected chi connectivity index (χ4v) is 4.70. The van der Waals surface area contributed by atoms with Crippen molar-refractivity contribution >= 4 is 26.8 Å². The maximum absolute atomic E-state index is 12.9. The van der Waals surface area contributed by atoms with Crippen LogP contribution in [-0.4, -0.2) is 36.7 Å². The fraction of sp³-hybridized carbons (Fsp3) is 0.333. The van der Waals surface area contributed by atoms with Crippen LogP contribution in [0.25, 0.3) is 10.9 Å². The monoisotopic (exact) mass is 319 g/mol. The molecule has 1 fully saturated rings. The van der Waals surface area contributed by atoms with Crippen LogP contribution in [0.3, 0.4) is 0 Å². The molecule has 2 heterocycles. The summed E-state index contributed by atoms with van der Waals surface area (Å²) >= 11 is 0. The van der Waals surface area contributed by atoms with Gasteiger partial charge in [-0.1, -0.05) is 13.0 Å². The zero-order valence-electron chi connectivity index (χ0n) is 12.1. The van der Waals surface area contributed by atoms with Gasteiger partial charge in [0.1, 0.15) is 0 Å². The highest BCUT2D eigenvalue weighted by molar-refractivity contribution is 7.89. The number of nitrogens with zero attached hydrogens (tertiary/aromatic N) is 2. The number of primary amides is 1. The molecule has 0 spiro atoms. The van der Waals surface area contributed by atoms with Crippen LogP contribution in [0, 0.1) is 11.8 Å². The summed E-state index contributed by atoms with van der Waals surface area (Å²) in [5.74, 6) is -0.979. The van der Waals surface area contributed by atoms with E-state index in [0.717, 1.165) is 0 Å². The molecule has 6 nitrogen and oxygen atoms in total. The van der Waals surface area contributed by atoms with Gasteiger partial charge in [0.2, 0.25) is 15.9 Å². The van der Waals surface area contributed by atoms with Gasteiger partial charge < -0.3 is 5.73 Å². The van der Waals surface area contributed by atoms with Gasteiger partial charge in [0, 0.05) is 24.7 Å². The molecule has 0 saturated carbocycles. The van der Waals surface area contributed by atoms with Crippen molar-refractivity contribution in [1.82, 2.24) is 9.29 Å². The van der Waals surface area contributed by atoms with Crippen molar-refractivity contribution in [3.05, 3.63) is 36.5 Å². The van der Waals surface area contributed by atoms with Gasteiger partial charge in [-0.25, -0.2) is 8.42 Å². The topological polar surface area (TPSA) is 93.4 Å². The Morgan fingerprint density at radius 2 is 2.05 bits per heavy atom. The highest BCUT2D eigenvalue weighted by atomic mass is 32.2. The quantitative estimate of drug-likeness (QED) is 0.912. The number of amides is 1. The summed E-state index contributed by atoms with van der Waals surface area (Å²) in [5.41, 5.74) is 5.98. The van der Waals surface area contributed by atoms with Crippen LogP contribution in [0.1, 0.15) is 6.92 Å². The van der Waals surface area contributed by atoms with Crippen molar-refractivity contribution < 1.29 is 13.2 Å². The second kappa shape index (κ2) is 5.33. The van der Waals surface area contributed by atoms with Crippen LogP contribution < -0.4 is 5.73 Å². The first kappa shape index (κ1) is 14.9. The van der Waals surface area contributed by atoms with Gasteiger partial charge in [-0.2, -0.15) is 4.31 Å². The molecule has 1 aliphatic rings. The highest BCUT2D eigenvalue weighted by Gasteiger charge is 2.40. The maximum atomic E-state index is 12.9. The Balaban J connectivity index is 2.05. The van der Waals surface area contributed by atoms with Gasteiger partial charge in [-0.15, -0.1) is 0 Å². The third kappa shape index (κ3) is 2.36. The van der Waals surface area contributed by atoms with E-state index in [4.69, 9.17) is 5.73 Å². The summed E-state index contributed by atoms with van der Waals surface area (Å²) in [6.45, 7) is 2.28. The largest absolute Gasteiger partial charge is 0.369 e. The van der Waals surface area contributed by atoms with E-state index < -0.39 is 21.8 Å². The predicted octanol–water partition coefficient (Wildman–Crippen LogP) is 0.977. The van der Waals surface area contributed by atoms with E-state index in [0.29, 0.717) is 17.4 Å². The van der Waals surface area contributed by atoms with Gasteiger partial charge in [0.25, 0.3) is 0 Å². The summed E-state index contributed by atoms with van der Waals surface area (Å²) in [6, 6.07) is 8.46. The van der Waals surface area contributed by atoms with E-state index in [-0.39, 0.29) is 17.4 Å². The van der Waals surface area contributed by atoms with Crippen molar-refractivity contribution in [3.63, 3.8) is 0 Å². The number of benzene rings is 1. The molecule has 1 saturated heterocycles. The van der Waals surface area contributed by atoms with Crippen LogP contribution in [0.4, 0.5) is 0 Å². The van der Waals surface area contributed by atoms with Crippen LogP contribution >= 0.6 is 0 Å². The van der Waals surface area contributed by atoms with Gasteiger partial charge in [-0.05, 0) is 30.2 Å². The standard InChI is InChI=1S/C15H17N3O3S/c1-10-8-18(9-12(10)15(16)19)22(20,21)14-6-2-5-13-11(14)4-3-7-17-13/h2-7,10,12H,8-9H2,1H3,(H2,16,19)/t10-,12-/m1/s1. The van der Waals surface area contributed by atoms with Crippen molar-refractivity contribution in [2.24, 2.45) is 17.6 Å². The molecule has 2 aromatic rings. The van der Waals surface area contributed by atoms with E-state index in [9.17, 15) is 13.2 Å². The predicted molar refractivity (Wildman–Crippen MR) is 82.4 cm³/mol. The second-order valence-electron chi connectivity index (χ2n) is 5.63. The number of hydrogen-bond acceptors (Lipinski definition) is 4. The summed E-state index contributed by atoms with van der Waals surface area (Å²) in [5, 5.41) is 0.583. The maximum Gasteiger partial charge on any atom is 0.243 e. The molecule has 0 aliphatic carbocycles. The summed E-state index contributed by atoms with van der Waals surface area (Å²) < 4.78 is 27.2. The Morgan fingerprint density at radius 1 is 1.27 bits per heavy atom. The third-order valence-electron chi connectivity index (χ3n) is 4.17. The van der Waals surface area contributed by atoms with Gasteiger partial charge >= 0.3 is 0 Å². The first-order valence-electron chi connectivity index (χ1n) is 7.04. The third-order valence-corrected chi connectivity index (χ3v) is 6.06. The number of rotatable bonds is 3. The molecule has 0 radical (unpaired) electrons. The van der Waals surface area contributed by atoms with Gasteiger partial charge in [-0.3, -0.25) is 9.78 Å². The number of nitrogens with two attached hydrogens (primary N) is 1. The summed E-state index contributed by atoms with van der Waals surface area (Å²) in [4.78, 5) is 15.8. The molecular formula is C15H17N3O3S. The second-order valence-corrected chi connectivity index (χ2v) is 7.54. The minimum Gasteiger partial charge on any atom is -0.369 e. The molecule has 2 N–H and O–H groups in total. The van der Waals surface area contributed by atoms with Crippen molar-refractivity contribution in [1.29, 1.82) is 0 Å². The van der Waals surface area contributed by atoms with Crippen LogP contribution in [0.15, 0.2) is 41.4 Å². The molecule has 116 valence electrons. The summed E-state index contributed by atoms with van der Waals surface area (Å²) in [7, 11) is -3.68. The highest BCUT2D eigenvalue weighted by Crippen LogP contribution is 2.31. The molecule has 22 heavy (non-hydrogen) atoms. The minimum atomic E-state index is -3.68. The van der Waals surface area contributed by atoms with Gasteiger partial charge in [0.15, 0.2) is 0 Å². The lowest BCUT2D eigenvalue weighted by atomic mass is 9.98. The van der Waals surface area contributed by atoms with Crippen molar-refractivity contribution in [2.45, 2.75) is 11.8 Å². The normalized spacial score (nSPS) is 23.0. The van der Waals surface area contributed by atoms with Crippen molar-refractivity contribution in [2.75, 3.05) is 13.1 Å². The smallest absolute Gasteiger partial charge is 0.243 e. The number of carbonyl (C=O) groups excluding carboxylic acids is 1. The van der Waals surface area contributed by atoms with Gasteiger partial charge in [0.05, 0.1) is 16.3 Å². The lowest BCUT2D eigenvalue weighted by molar-refractivity contribution is -0.122. The van der Waals surface area contributed by atoms with Crippen LogP contribution in [0.2, 0.25) is 0 Å². The number of aromatic nitrogens is 1. The molecule has 3 rings (SSSR count). The molecular weight excluding hydrogens is 302 g/mol. The van der Waals surface area contributed by atoms with E-state index in [1.54, 1.807) is 36.5 Å². The number of hydrogen-bond donors (Lipinski definition) is 1. The Bertz CT molecular complexity index is 830. The fourth-order valence-electron chi connectivity index (χ4n) is 2.93. The Kier molecular flexibility index (Phi) is 3.62. The van der Waals surface area contributed by atoms with E-state index in [1.165, 1.54) is 4.31 Å². The number of sulfonamides is 1. The number of carbonyl (C=O) groups is 1.